The first-order valence-corrected chi connectivity index (χ1v) is 27.0. The Bertz CT molecular complexity index is 1040. The predicted molar refractivity (Wildman–Crippen MR) is 264 cm³/mol. The van der Waals surface area contributed by atoms with E-state index < -0.39 is 6.04 Å². The summed E-state index contributed by atoms with van der Waals surface area (Å²) in [5, 5.41) is 0. The number of rotatable bonds is 46. The van der Waals surface area contributed by atoms with Crippen LogP contribution in [0.3, 0.4) is 0 Å². The molecular formula is C54H104N2O7. The minimum absolute atomic E-state index is 0.00988. The van der Waals surface area contributed by atoms with Gasteiger partial charge in [-0.25, -0.2) is 0 Å². The quantitative estimate of drug-likeness (QED) is 0.0338. The summed E-state index contributed by atoms with van der Waals surface area (Å²) in [6.45, 7) is 14.2. The molecule has 9 nitrogen and oxygen atoms in total. The van der Waals surface area contributed by atoms with E-state index in [4.69, 9.17) is 14.2 Å². The summed E-state index contributed by atoms with van der Waals surface area (Å²) in [7, 11) is 4.01. The van der Waals surface area contributed by atoms with Crippen molar-refractivity contribution < 1.29 is 33.4 Å². The van der Waals surface area contributed by atoms with Gasteiger partial charge in [0, 0.05) is 13.0 Å². The highest BCUT2D eigenvalue weighted by Crippen LogP contribution is 2.24. The van der Waals surface area contributed by atoms with Gasteiger partial charge >= 0.3 is 17.9 Å². The van der Waals surface area contributed by atoms with E-state index in [0.717, 1.165) is 148 Å². The van der Waals surface area contributed by atoms with Crippen LogP contribution in [0.5, 0.6) is 0 Å². The first-order chi connectivity index (χ1) is 30.6. The summed E-state index contributed by atoms with van der Waals surface area (Å²) in [4.78, 5) is 59.3. The lowest BCUT2D eigenvalue weighted by Crippen LogP contribution is -2.48. The second-order valence-electron chi connectivity index (χ2n) is 19.1. The van der Waals surface area contributed by atoms with Crippen molar-refractivity contribution in [2.24, 2.45) is 11.8 Å². The van der Waals surface area contributed by atoms with E-state index in [2.05, 4.69) is 46.4 Å². The van der Waals surface area contributed by atoms with Crippen LogP contribution in [0.15, 0.2) is 0 Å². The maximum atomic E-state index is 14.3. The van der Waals surface area contributed by atoms with Crippen molar-refractivity contribution in [2.45, 2.75) is 272 Å². The first kappa shape index (κ1) is 60.8. The largest absolute Gasteiger partial charge is 0.463 e. The maximum absolute atomic E-state index is 14.3. The minimum atomic E-state index is -0.653. The Kier molecular flexibility index (Phi) is 42.2. The van der Waals surface area contributed by atoms with Gasteiger partial charge in [-0.15, -0.1) is 0 Å². The van der Waals surface area contributed by atoms with Gasteiger partial charge < -0.3 is 24.0 Å². The molecule has 0 aliphatic rings. The summed E-state index contributed by atoms with van der Waals surface area (Å²) >= 11 is 0. The van der Waals surface area contributed by atoms with Gasteiger partial charge in [0.15, 0.2) is 0 Å². The first-order valence-electron chi connectivity index (χ1n) is 27.0. The number of esters is 3. The Morgan fingerprint density at radius 3 is 1.19 bits per heavy atom. The van der Waals surface area contributed by atoms with Gasteiger partial charge in [-0.3, -0.25) is 19.2 Å². The Balaban J connectivity index is 6.37. The van der Waals surface area contributed by atoms with Crippen LogP contribution in [-0.4, -0.2) is 86.2 Å². The molecule has 0 bridgehead atoms. The molecule has 0 saturated heterocycles. The van der Waals surface area contributed by atoms with E-state index in [1.807, 2.05) is 14.1 Å². The fourth-order valence-corrected chi connectivity index (χ4v) is 8.61. The second-order valence-corrected chi connectivity index (χ2v) is 19.1. The van der Waals surface area contributed by atoms with Crippen molar-refractivity contribution in [3.63, 3.8) is 0 Å². The molecule has 0 fully saturated rings. The molecule has 0 aliphatic carbocycles. The number of nitrogens with zero attached hydrogens (tertiary/aromatic N) is 2. The van der Waals surface area contributed by atoms with Crippen LogP contribution in [0.1, 0.15) is 260 Å². The lowest BCUT2D eigenvalue weighted by Gasteiger charge is -2.32. The van der Waals surface area contributed by atoms with Crippen molar-refractivity contribution in [3.8, 4) is 0 Å². The molecule has 3 atom stereocenters. The molecule has 3 unspecified atom stereocenters. The van der Waals surface area contributed by atoms with Crippen LogP contribution < -0.4 is 0 Å². The molecule has 0 aromatic rings. The molecule has 0 rings (SSSR count). The Morgan fingerprint density at radius 1 is 0.413 bits per heavy atom. The topological polar surface area (TPSA) is 102 Å². The molecule has 1 amide bonds. The monoisotopic (exact) mass is 893 g/mol. The molecule has 0 spiro atoms. The van der Waals surface area contributed by atoms with Crippen LogP contribution in [-0.2, 0) is 33.4 Å². The average Bonchev–Trinajstić information content (AvgIpc) is 3.26. The van der Waals surface area contributed by atoms with Gasteiger partial charge in [0.25, 0.3) is 0 Å². The lowest BCUT2D eigenvalue weighted by atomic mass is 9.94. The number of hydrogen-bond acceptors (Lipinski definition) is 8. The molecule has 9 heteroatoms. The van der Waals surface area contributed by atoms with Crippen molar-refractivity contribution in [2.75, 3.05) is 40.4 Å². The zero-order valence-corrected chi connectivity index (χ0v) is 42.9. The number of amides is 1. The molecule has 0 N–H and O–H groups in total. The molecule has 372 valence electrons. The van der Waals surface area contributed by atoms with E-state index in [1.54, 1.807) is 4.90 Å². The summed E-state index contributed by atoms with van der Waals surface area (Å²) in [5.74, 6) is -1.35. The molecular weight excluding hydrogens is 789 g/mol. The van der Waals surface area contributed by atoms with Crippen molar-refractivity contribution in [1.82, 2.24) is 9.80 Å². The van der Waals surface area contributed by atoms with Crippen molar-refractivity contribution >= 4 is 23.8 Å². The number of hydrogen-bond donors (Lipinski definition) is 0. The van der Waals surface area contributed by atoms with Gasteiger partial charge in [0.1, 0.15) is 19.3 Å². The Labute approximate surface area is 390 Å². The second kappa shape index (κ2) is 43.7. The van der Waals surface area contributed by atoms with Crippen LogP contribution in [0, 0.1) is 11.8 Å². The zero-order valence-electron chi connectivity index (χ0n) is 42.9. The van der Waals surface area contributed by atoms with Gasteiger partial charge in [-0.2, -0.15) is 0 Å². The normalized spacial score (nSPS) is 13.4. The Morgan fingerprint density at radius 2 is 0.794 bits per heavy atom. The van der Waals surface area contributed by atoms with Crippen LogP contribution >= 0.6 is 0 Å². The molecule has 0 heterocycles. The van der Waals surface area contributed by atoms with Gasteiger partial charge in [-0.1, -0.05) is 196 Å². The highest BCUT2D eigenvalue weighted by Gasteiger charge is 2.30. The van der Waals surface area contributed by atoms with Crippen molar-refractivity contribution in [3.05, 3.63) is 0 Å². The van der Waals surface area contributed by atoms with E-state index in [-0.39, 0.29) is 67.8 Å². The van der Waals surface area contributed by atoms with Crippen LogP contribution in [0.25, 0.3) is 0 Å². The fourth-order valence-electron chi connectivity index (χ4n) is 8.61. The summed E-state index contributed by atoms with van der Waals surface area (Å²) in [5.41, 5.74) is 0. The lowest BCUT2D eigenvalue weighted by molar-refractivity contribution is -0.159. The van der Waals surface area contributed by atoms with Gasteiger partial charge in [0.05, 0.1) is 24.3 Å². The zero-order chi connectivity index (χ0) is 46.8. The Hall–Kier alpha value is -2.16. The summed E-state index contributed by atoms with van der Waals surface area (Å²) < 4.78 is 18.4. The minimum Gasteiger partial charge on any atom is -0.463 e. The molecule has 0 aliphatic heterocycles. The molecule has 63 heavy (non-hydrogen) atoms. The number of ether oxygens (including phenoxy) is 3. The molecule has 0 aromatic heterocycles. The third-order valence-corrected chi connectivity index (χ3v) is 12.7. The SMILES string of the molecule is CCCCCCCCC(CCCCCC)C(=O)OCC(COC(=O)C(CCCCCC)CCCCCCCC)N(CCCN(C)C)C(=O)CCC(=O)OC(CCC)CCCCCC. The highest BCUT2D eigenvalue weighted by molar-refractivity contribution is 5.82. The number of carbonyl (C=O) groups is 4. The summed E-state index contributed by atoms with van der Waals surface area (Å²) in [6.07, 6.45) is 33.6. The van der Waals surface area contributed by atoms with E-state index in [0.29, 0.717) is 13.0 Å². The van der Waals surface area contributed by atoms with Crippen LogP contribution in [0.4, 0.5) is 0 Å². The number of unbranched alkanes of at least 4 members (excludes halogenated alkanes) is 19. The van der Waals surface area contributed by atoms with E-state index in [1.165, 1.54) is 57.8 Å². The van der Waals surface area contributed by atoms with E-state index >= 15 is 0 Å². The molecule has 0 aromatic carbocycles. The maximum Gasteiger partial charge on any atom is 0.309 e. The standard InChI is InChI=1S/C54H104N2O7/c1-9-15-20-25-27-31-38-47(36-29-22-17-11-3)53(59)61-45-49(46-62-54(60)48(37-30-23-18-12-4)39-32-28-26-21-16-10-2)56(44-34-43-55(7)8)51(57)41-42-52(58)63-50(35-14-6)40-33-24-19-13-5/h47-50H,9-46H2,1-8H3. The third-order valence-electron chi connectivity index (χ3n) is 12.7. The van der Waals surface area contributed by atoms with E-state index in [9.17, 15) is 19.2 Å². The highest BCUT2D eigenvalue weighted by atomic mass is 16.6. The smallest absolute Gasteiger partial charge is 0.309 e. The third kappa shape index (κ3) is 34.8. The number of carbonyl (C=O) groups excluding carboxylic acids is 4. The predicted octanol–water partition coefficient (Wildman–Crippen LogP) is 14.4. The molecule has 0 radical (unpaired) electrons. The summed E-state index contributed by atoms with van der Waals surface area (Å²) in [6, 6.07) is -0.653. The molecule has 0 saturated carbocycles. The fraction of sp³-hybridized carbons (Fsp3) is 0.926. The van der Waals surface area contributed by atoms with Crippen LogP contribution in [0.2, 0.25) is 0 Å². The van der Waals surface area contributed by atoms with Gasteiger partial charge in [-0.05, 0) is 72.0 Å². The van der Waals surface area contributed by atoms with Crippen molar-refractivity contribution in [1.29, 1.82) is 0 Å². The average molecular weight is 893 g/mol. The van der Waals surface area contributed by atoms with Gasteiger partial charge in [0.2, 0.25) is 5.91 Å².